The minimum absolute atomic E-state index is 0.0529. The minimum atomic E-state index is 0.0529. The lowest BCUT2D eigenvalue weighted by Gasteiger charge is -2.23. The molecule has 0 N–H and O–H groups in total. The van der Waals surface area contributed by atoms with Gasteiger partial charge in [-0.25, -0.2) is 0 Å². The summed E-state index contributed by atoms with van der Waals surface area (Å²) in [7, 11) is 0. The van der Waals surface area contributed by atoms with Crippen molar-refractivity contribution in [3.05, 3.63) is 106 Å². The molecule has 0 atom stereocenters. The predicted octanol–water partition coefficient (Wildman–Crippen LogP) is 6.17. The molecule has 0 spiro atoms. The molecule has 29 heavy (non-hydrogen) atoms. The average Bonchev–Trinajstić information content (AvgIpc) is 3.11. The lowest BCUT2D eigenvalue weighted by Crippen LogP contribution is -2.31. The molecule has 3 aromatic carbocycles. The van der Waals surface area contributed by atoms with Crippen molar-refractivity contribution in [2.75, 3.05) is 0 Å². The molecule has 1 amide bonds. The highest BCUT2D eigenvalue weighted by Gasteiger charge is 2.18. The van der Waals surface area contributed by atoms with Crippen LogP contribution in [0.15, 0.2) is 83.5 Å². The maximum atomic E-state index is 13.3. The van der Waals surface area contributed by atoms with E-state index in [1.807, 2.05) is 84.6 Å². The molecule has 0 aliphatic heterocycles. The van der Waals surface area contributed by atoms with E-state index in [9.17, 15) is 4.79 Å². The van der Waals surface area contributed by atoms with Crippen LogP contribution in [0.4, 0.5) is 0 Å². The summed E-state index contributed by atoms with van der Waals surface area (Å²) in [6.45, 7) is 3.06. The molecule has 0 bridgehead atoms. The number of amides is 1. The molecular formula is C25H22ClNO2. The van der Waals surface area contributed by atoms with Gasteiger partial charge in [0.25, 0.3) is 0 Å². The van der Waals surface area contributed by atoms with Gasteiger partial charge in [0.05, 0.1) is 12.7 Å². The Balaban J connectivity index is 1.60. The van der Waals surface area contributed by atoms with E-state index in [4.69, 9.17) is 16.0 Å². The van der Waals surface area contributed by atoms with E-state index < -0.39 is 0 Å². The van der Waals surface area contributed by atoms with Crippen LogP contribution in [0.5, 0.6) is 0 Å². The Morgan fingerprint density at radius 1 is 0.931 bits per heavy atom. The zero-order valence-electron chi connectivity index (χ0n) is 16.3. The van der Waals surface area contributed by atoms with Gasteiger partial charge >= 0.3 is 0 Å². The maximum Gasteiger partial charge on any atom is 0.227 e. The van der Waals surface area contributed by atoms with Crippen molar-refractivity contribution in [1.82, 2.24) is 4.90 Å². The number of nitrogens with zero attached hydrogens (tertiary/aromatic N) is 1. The number of aryl methyl sites for hydroxylation is 1. The maximum absolute atomic E-state index is 13.3. The molecule has 0 fully saturated rings. The zero-order valence-corrected chi connectivity index (χ0v) is 17.0. The largest absolute Gasteiger partial charge is 0.464 e. The number of carbonyl (C=O) groups is 1. The van der Waals surface area contributed by atoms with Crippen molar-refractivity contribution in [1.29, 1.82) is 0 Å². The fourth-order valence-electron chi connectivity index (χ4n) is 3.45. The molecule has 0 unspecified atom stereocenters. The van der Waals surface area contributed by atoms with Crippen LogP contribution in [-0.4, -0.2) is 10.8 Å². The Bertz CT molecular complexity index is 1080. The number of hydrogen-bond acceptors (Lipinski definition) is 2. The molecule has 4 rings (SSSR count). The van der Waals surface area contributed by atoms with Gasteiger partial charge in [0, 0.05) is 29.1 Å². The van der Waals surface area contributed by atoms with Crippen molar-refractivity contribution < 1.29 is 9.21 Å². The lowest BCUT2D eigenvalue weighted by molar-refractivity contribution is -0.131. The van der Waals surface area contributed by atoms with Crippen LogP contribution < -0.4 is 0 Å². The summed E-state index contributed by atoms with van der Waals surface area (Å²) in [5.74, 6) is 0.0529. The standard InChI is InChI=1S/C25H22ClNO2/c1-18-12-24-22(14-23(18)26)21(17-29-24)13-25(28)27(15-19-8-4-2-5-9-19)16-20-10-6-3-7-11-20/h2-12,14,17H,13,15-16H2,1H3. The fraction of sp³-hybridized carbons (Fsp3) is 0.160. The van der Waals surface area contributed by atoms with Gasteiger partial charge in [-0.3, -0.25) is 4.79 Å². The summed E-state index contributed by atoms with van der Waals surface area (Å²) in [5, 5.41) is 1.58. The predicted molar refractivity (Wildman–Crippen MR) is 117 cm³/mol. The molecule has 0 radical (unpaired) electrons. The third-order valence-corrected chi connectivity index (χ3v) is 5.47. The van der Waals surface area contributed by atoms with E-state index in [-0.39, 0.29) is 12.3 Å². The summed E-state index contributed by atoms with van der Waals surface area (Å²) in [6, 6.07) is 23.9. The first-order valence-corrected chi connectivity index (χ1v) is 10.00. The topological polar surface area (TPSA) is 33.5 Å². The molecule has 1 aromatic heterocycles. The van der Waals surface area contributed by atoms with Gasteiger partial charge in [-0.05, 0) is 35.7 Å². The Hall–Kier alpha value is -3.04. The van der Waals surface area contributed by atoms with Gasteiger partial charge in [-0.15, -0.1) is 0 Å². The molecular weight excluding hydrogens is 382 g/mol. The third kappa shape index (κ3) is 4.52. The van der Waals surface area contributed by atoms with Crippen LogP contribution in [0.2, 0.25) is 5.02 Å². The number of carbonyl (C=O) groups excluding carboxylic acids is 1. The first kappa shape index (κ1) is 19.3. The zero-order chi connectivity index (χ0) is 20.2. The SMILES string of the molecule is Cc1cc2occ(CC(=O)N(Cc3ccccc3)Cc3ccccc3)c2cc1Cl. The summed E-state index contributed by atoms with van der Waals surface area (Å²) in [5.41, 5.74) is 4.78. The van der Waals surface area contributed by atoms with Gasteiger partial charge in [-0.2, -0.15) is 0 Å². The quantitative estimate of drug-likeness (QED) is 0.386. The second-order valence-corrected chi connectivity index (χ2v) is 7.66. The molecule has 3 nitrogen and oxygen atoms in total. The molecule has 4 aromatic rings. The van der Waals surface area contributed by atoms with Gasteiger partial charge in [0.15, 0.2) is 0 Å². The number of halogens is 1. The Kier molecular flexibility index (Phi) is 5.68. The van der Waals surface area contributed by atoms with E-state index >= 15 is 0 Å². The normalized spacial score (nSPS) is 11.0. The molecule has 1 heterocycles. The summed E-state index contributed by atoms with van der Waals surface area (Å²) >= 11 is 6.29. The van der Waals surface area contributed by atoms with Gasteiger partial charge in [-0.1, -0.05) is 72.3 Å². The third-order valence-electron chi connectivity index (χ3n) is 5.06. The molecule has 0 saturated carbocycles. The number of hydrogen-bond donors (Lipinski definition) is 0. The Morgan fingerprint density at radius 2 is 1.52 bits per heavy atom. The van der Waals surface area contributed by atoms with Crippen molar-refractivity contribution in [2.24, 2.45) is 0 Å². The van der Waals surface area contributed by atoms with E-state index in [1.54, 1.807) is 6.26 Å². The first-order chi connectivity index (χ1) is 14.1. The van der Waals surface area contributed by atoms with E-state index in [2.05, 4.69) is 0 Å². The lowest BCUT2D eigenvalue weighted by atomic mass is 10.1. The molecule has 146 valence electrons. The summed E-state index contributed by atoms with van der Waals surface area (Å²) < 4.78 is 5.67. The molecule has 0 aliphatic carbocycles. The van der Waals surface area contributed by atoms with Crippen molar-refractivity contribution in [3.8, 4) is 0 Å². The van der Waals surface area contributed by atoms with Gasteiger partial charge in [0.1, 0.15) is 5.58 Å². The highest BCUT2D eigenvalue weighted by Crippen LogP contribution is 2.28. The Morgan fingerprint density at radius 3 is 2.10 bits per heavy atom. The first-order valence-electron chi connectivity index (χ1n) is 9.62. The van der Waals surface area contributed by atoms with Crippen molar-refractivity contribution >= 4 is 28.5 Å². The number of rotatable bonds is 6. The highest BCUT2D eigenvalue weighted by molar-refractivity contribution is 6.32. The average molecular weight is 404 g/mol. The summed E-state index contributed by atoms with van der Waals surface area (Å²) in [6.07, 6.45) is 1.94. The monoisotopic (exact) mass is 403 g/mol. The fourth-order valence-corrected chi connectivity index (χ4v) is 3.62. The smallest absolute Gasteiger partial charge is 0.227 e. The van der Waals surface area contributed by atoms with E-state index in [0.29, 0.717) is 18.1 Å². The second kappa shape index (κ2) is 8.54. The van der Waals surface area contributed by atoms with Crippen LogP contribution in [0, 0.1) is 6.92 Å². The van der Waals surface area contributed by atoms with Crippen LogP contribution in [0.3, 0.4) is 0 Å². The van der Waals surface area contributed by atoms with Crippen LogP contribution in [0.1, 0.15) is 22.3 Å². The highest BCUT2D eigenvalue weighted by atomic mass is 35.5. The van der Waals surface area contributed by atoms with Crippen LogP contribution in [0.25, 0.3) is 11.0 Å². The molecule has 0 saturated heterocycles. The van der Waals surface area contributed by atoms with Gasteiger partial charge < -0.3 is 9.32 Å². The number of furan rings is 1. The number of fused-ring (bicyclic) bond motifs is 1. The van der Waals surface area contributed by atoms with Crippen LogP contribution >= 0.6 is 11.6 Å². The van der Waals surface area contributed by atoms with Crippen LogP contribution in [-0.2, 0) is 24.3 Å². The van der Waals surface area contributed by atoms with E-state index in [0.717, 1.165) is 33.2 Å². The van der Waals surface area contributed by atoms with E-state index in [1.165, 1.54) is 0 Å². The van der Waals surface area contributed by atoms with Crippen molar-refractivity contribution in [2.45, 2.75) is 26.4 Å². The Labute approximate surface area is 175 Å². The molecule has 0 aliphatic rings. The summed E-state index contributed by atoms with van der Waals surface area (Å²) in [4.78, 5) is 15.2. The van der Waals surface area contributed by atoms with Gasteiger partial charge in [0.2, 0.25) is 5.91 Å². The minimum Gasteiger partial charge on any atom is -0.464 e. The second-order valence-electron chi connectivity index (χ2n) is 7.26. The number of benzene rings is 3. The molecule has 4 heteroatoms. The van der Waals surface area contributed by atoms with Crippen molar-refractivity contribution in [3.63, 3.8) is 0 Å².